The first kappa shape index (κ1) is 11.0. The van der Waals surface area contributed by atoms with E-state index in [0.717, 1.165) is 19.4 Å². The minimum Gasteiger partial charge on any atom is -0.370 e. The van der Waals surface area contributed by atoms with E-state index in [1.807, 2.05) is 0 Å². The number of alkyl halides is 1. The van der Waals surface area contributed by atoms with E-state index in [-0.39, 0.29) is 11.0 Å². The molecule has 0 radical (unpaired) electrons. The van der Waals surface area contributed by atoms with Gasteiger partial charge in [0.25, 0.3) is 0 Å². The zero-order valence-corrected chi connectivity index (χ0v) is 10.1. The van der Waals surface area contributed by atoms with Crippen molar-refractivity contribution in [1.82, 2.24) is 0 Å². The minimum absolute atomic E-state index is 0.198. The highest BCUT2D eigenvalue weighted by atomic mass is 35.5. The number of benzene rings is 1. The summed E-state index contributed by atoms with van der Waals surface area (Å²) in [7, 11) is 0. The van der Waals surface area contributed by atoms with Crippen molar-refractivity contribution in [1.29, 1.82) is 0 Å². The molecule has 2 heteroatoms. The molecule has 1 aliphatic heterocycles. The molecule has 82 valence electrons. The molecule has 1 heterocycles. The van der Waals surface area contributed by atoms with E-state index in [2.05, 4.69) is 38.1 Å². The van der Waals surface area contributed by atoms with Gasteiger partial charge in [0.15, 0.2) is 0 Å². The highest BCUT2D eigenvalue weighted by molar-refractivity contribution is 6.20. The van der Waals surface area contributed by atoms with Gasteiger partial charge in [-0.15, -0.1) is 11.6 Å². The third-order valence-electron chi connectivity index (χ3n) is 3.18. The van der Waals surface area contributed by atoms with Crippen molar-refractivity contribution in [2.24, 2.45) is 0 Å². The second-order valence-electron chi connectivity index (χ2n) is 4.48. The topological polar surface area (TPSA) is 9.23 Å². The molecular formula is C13H17ClO. The summed E-state index contributed by atoms with van der Waals surface area (Å²) >= 11 is 6.22. The first-order chi connectivity index (χ1) is 7.12. The van der Waals surface area contributed by atoms with Crippen molar-refractivity contribution < 1.29 is 4.74 Å². The minimum atomic E-state index is -0.198. The molecule has 1 saturated heterocycles. The van der Waals surface area contributed by atoms with Gasteiger partial charge in [0.05, 0.1) is 5.60 Å². The lowest BCUT2D eigenvalue weighted by molar-refractivity contribution is -0.0687. The van der Waals surface area contributed by atoms with Crippen LogP contribution >= 0.6 is 11.6 Å². The smallest absolute Gasteiger partial charge is 0.0919 e. The van der Waals surface area contributed by atoms with Crippen LogP contribution in [0.4, 0.5) is 0 Å². The van der Waals surface area contributed by atoms with E-state index in [1.165, 1.54) is 11.1 Å². The molecule has 0 bridgehead atoms. The van der Waals surface area contributed by atoms with E-state index in [9.17, 15) is 0 Å². The maximum absolute atomic E-state index is 6.22. The fourth-order valence-corrected chi connectivity index (χ4v) is 2.73. The van der Waals surface area contributed by atoms with Gasteiger partial charge in [-0.1, -0.05) is 24.3 Å². The third kappa shape index (κ3) is 2.19. The van der Waals surface area contributed by atoms with Crippen LogP contribution in [-0.4, -0.2) is 12.0 Å². The van der Waals surface area contributed by atoms with Gasteiger partial charge in [-0.25, -0.2) is 0 Å². The number of hydrogen-bond donors (Lipinski definition) is 0. The first-order valence-electron chi connectivity index (χ1n) is 5.46. The van der Waals surface area contributed by atoms with Crippen LogP contribution in [0.25, 0.3) is 0 Å². The fourth-order valence-electron chi connectivity index (χ4n) is 2.35. The Morgan fingerprint density at radius 2 is 2.13 bits per heavy atom. The van der Waals surface area contributed by atoms with Crippen molar-refractivity contribution in [3.05, 3.63) is 35.4 Å². The van der Waals surface area contributed by atoms with Gasteiger partial charge in [0.1, 0.15) is 0 Å². The molecule has 0 spiro atoms. The summed E-state index contributed by atoms with van der Waals surface area (Å²) in [6.07, 6.45) is 1.86. The molecule has 1 aromatic rings. The Hall–Kier alpha value is -0.530. The summed E-state index contributed by atoms with van der Waals surface area (Å²) in [5.41, 5.74) is 2.36. The molecule has 1 aromatic carbocycles. The van der Waals surface area contributed by atoms with Gasteiger partial charge < -0.3 is 4.74 Å². The number of ether oxygens (including phenoxy) is 1. The zero-order valence-electron chi connectivity index (χ0n) is 9.29. The predicted molar refractivity (Wildman–Crippen MR) is 63.4 cm³/mol. The van der Waals surface area contributed by atoms with Gasteiger partial charge in [-0.3, -0.25) is 0 Å². The van der Waals surface area contributed by atoms with Crippen LogP contribution in [0.5, 0.6) is 0 Å². The normalized spacial score (nSPS) is 31.5. The molecule has 1 fully saturated rings. The lowest BCUT2D eigenvalue weighted by Crippen LogP contribution is -2.35. The van der Waals surface area contributed by atoms with Crippen LogP contribution in [0.15, 0.2) is 24.3 Å². The Morgan fingerprint density at radius 3 is 2.80 bits per heavy atom. The second kappa shape index (κ2) is 4.15. The molecular weight excluding hydrogens is 208 g/mol. The maximum atomic E-state index is 6.22. The highest BCUT2D eigenvalue weighted by Crippen LogP contribution is 2.37. The number of hydrogen-bond acceptors (Lipinski definition) is 1. The van der Waals surface area contributed by atoms with Crippen LogP contribution in [0.1, 0.15) is 30.9 Å². The number of halogens is 1. The monoisotopic (exact) mass is 224 g/mol. The van der Waals surface area contributed by atoms with Crippen molar-refractivity contribution in [2.75, 3.05) is 6.61 Å². The lowest BCUT2D eigenvalue weighted by atomic mass is 9.85. The van der Waals surface area contributed by atoms with Crippen LogP contribution in [0.2, 0.25) is 0 Å². The molecule has 15 heavy (non-hydrogen) atoms. The summed E-state index contributed by atoms with van der Waals surface area (Å²) in [6, 6.07) is 8.39. The summed E-state index contributed by atoms with van der Waals surface area (Å²) < 4.78 is 5.92. The van der Waals surface area contributed by atoms with E-state index in [1.54, 1.807) is 0 Å². The summed E-state index contributed by atoms with van der Waals surface area (Å²) in [5, 5.41) is 0.239. The zero-order chi connectivity index (χ0) is 10.9. The summed E-state index contributed by atoms with van der Waals surface area (Å²) in [5.74, 6) is 0. The molecule has 0 amide bonds. The molecule has 0 aromatic heterocycles. The standard InChI is InChI=1S/C13H17ClO/c1-10-5-3-4-6-12(10)13(2)9-11(14)7-8-15-13/h3-6,11H,7-9H2,1-2H3. The van der Waals surface area contributed by atoms with Crippen LogP contribution in [0.3, 0.4) is 0 Å². The average Bonchev–Trinajstić information content (AvgIpc) is 2.17. The molecule has 0 aliphatic carbocycles. The largest absolute Gasteiger partial charge is 0.370 e. The molecule has 1 aliphatic rings. The molecule has 2 atom stereocenters. The fraction of sp³-hybridized carbons (Fsp3) is 0.538. The van der Waals surface area contributed by atoms with E-state index < -0.39 is 0 Å². The summed E-state index contributed by atoms with van der Waals surface area (Å²) in [4.78, 5) is 0. The Morgan fingerprint density at radius 1 is 1.40 bits per heavy atom. The van der Waals surface area contributed by atoms with E-state index in [0.29, 0.717) is 0 Å². The third-order valence-corrected chi connectivity index (χ3v) is 3.55. The Bertz CT molecular complexity index is 350. The summed E-state index contributed by atoms with van der Waals surface area (Å²) in [6.45, 7) is 5.03. The Kier molecular flexibility index (Phi) is 3.03. The van der Waals surface area contributed by atoms with E-state index in [4.69, 9.17) is 16.3 Å². The van der Waals surface area contributed by atoms with Crippen molar-refractivity contribution >= 4 is 11.6 Å². The SMILES string of the molecule is Cc1ccccc1C1(C)CC(Cl)CCO1. The van der Waals surface area contributed by atoms with Gasteiger partial charge >= 0.3 is 0 Å². The number of rotatable bonds is 1. The Balaban J connectivity index is 2.32. The predicted octanol–water partition coefficient (Wildman–Crippen LogP) is 3.63. The van der Waals surface area contributed by atoms with Gasteiger partial charge in [-0.05, 0) is 37.8 Å². The first-order valence-corrected chi connectivity index (χ1v) is 5.89. The second-order valence-corrected chi connectivity index (χ2v) is 5.10. The average molecular weight is 225 g/mol. The van der Waals surface area contributed by atoms with Crippen LogP contribution < -0.4 is 0 Å². The highest BCUT2D eigenvalue weighted by Gasteiger charge is 2.34. The molecule has 2 unspecified atom stereocenters. The molecule has 2 rings (SSSR count). The van der Waals surface area contributed by atoms with Gasteiger partial charge in [-0.2, -0.15) is 0 Å². The molecule has 0 N–H and O–H groups in total. The van der Waals surface area contributed by atoms with Crippen molar-refractivity contribution in [2.45, 2.75) is 37.7 Å². The number of aryl methyl sites for hydroxylation is 1. The van der Waals surface area contributed by atoms with Gasteiger partial charge in [0, 0.05) is 12.0 Å². The molecule has 1 nitrogen and oxygen atoms in total. The quantitative estimate of drug-likeness (QED) is 0.662. The van der Waals surface area contributed by atoms with Gasteiger partial charge in [0.2, 0.25) is 0 Å². The van der Waals surface area contributed by atoms with E-state index >= 15 is 0 Å². The maximum Gasteiger partial charge on any atom is 0.0919 e. The van der Waals surface area contributed by atoms with Crippen LogP contribution in [-0.2, 0) is 10.3 Å². The van der Waals surface area contributed by atoms with Crippen LogP contribution in [0, 0.1) is 6.92 Å². The van der Waals surface area contributed by atoms with Crippen molar-refractivity contribution in [3.63, 3.8) is 0 Å². The van der Waals surface area contributed by atoms with Crippen molar-refractivity contribution in [3.8, 4) is 0 Å². The Labute approximate surface area is 96.4 Å². The lowest BCUT2D eigenvalue weighted by Gasteiger charge is -2.37. The molecule has 0 saturated carbocycles.